The van der Waals surface area contributed by atoms with Gasteiger partial charge >= 0.3 is 95.9 Å². The predicted octanol–water partition coefficient (Wildman–Crippen LogP) is -16.1. The van der Waals surface area contributed by atoms with Crippen LogP contribution in [0.15, 0.2) is 0 Å². The Balaban J connectivity index is -0.0000000256. The molecule has 0 fully saturated rings. The minimum absolute atomic E-state index is 0. The first-order chi connectivity index (χ1) is 24.0. The first kappa shape index (κ1) is 116. The molecule has 0 saturated carbocycles. The van der Waals surface area contributed by atoms with Gasteiger partial charge in [-0.2, -0.15) is 0 Å². The summed E-state index contributed by atoms with van der Waals surface area (Å²) >= 11 is 0. The van der Waals surface area contributed by atoms with E-state index in [1.165, 1.54) is 0 Å². The van der Waals surface area contributed by atoms with Gasteiger partial charge in [-0.05, 0) is 0 Å². The van der Waals surface area contributed by atoms with Crippen molar-refractivity contribution in [1.29, 1.82) is 0 Å². The molecular weight excluding hydrogens is 1400 g/mol. The van der Waals surface area contributed by atoms with Gasteiger partial charge in [0.1, 0.15) is 0 Å². The van der Waals surface area contributed by atoms with E-state index in [4.69, 9.17) is 210 Å². The van der Waals surface area contributed by atoms with E-state index in [1.807, 2.05) is 0 Å². The predicted molar refractivity (Wildman–Crippen MR) is 126 cm³/mol. The van der Waals surface area contributed by atoms with Crippen LogP contribution in [-0.4, -0.2) is 210 Å². The number of rotatable bonds is 0. The fourth-order valence-corrected chi connectivity index (χ4v) is 0. The van der Waals surface area contributed by atoms with Gasteiger partial charge in [0, 0.05) is 125 Å². The van der Waals surface area contributed by atoms with Crippen molar-refractivity contribution in [2.24, 2.45) is 0 Å². The molecule has 0 heterocycles. The molecule has 0 bridgehead atoms. The third-order valence-electron chi connectivity index (χ3n) is 0. The molecule has 48 nitrogen and oxygen atoms in total. The fraction of sp³-hybridized carbons (Fsp3) is 0. The van der Waals surface area contributed by atoms with E-state index in [0.717, 1.165) is 0 Å². The molecule has 0 saturated heterocycles. The summed E-state index contributed by atoms with van der Waals surface area (Å²) in [5, 5.41) is 0. The molecule has 0 rings (SSSR count). The molecule has 0 aliphatic heterocycles. The number of hydrogen-bond donors (Lipinski definition) is 0. The molecular formula is O48S12TiV4. The van der Waals surface area contributed by atoms with Gasteiger partial charge in [0.25, 0.3) is 0 Å². The average Bonchev–Trinajstić information content (AvgIpc) is 2.48. The van der Waals surface area contributed by atoms with Crippen molar-refractivity contribution in [2.45, 2.75) is 0 Å². The van der Waals surface area contributed by atoms with E-state index >= 15 is 0 Å². The molecule has 0 aromatic heterocycles. The van der Waals surface area contributed by atoms with Crippen LogP contribution in [0.5, 0.6) is 0 Å². The first-order valence-corrected chi connectivity index (χ1v) is 24.0. The van der Waals surface area contributed by atoms with Crippen molar-refractivity contribution >= 4 is 125 Å². The summed E-state index contributed by atoms with van der Waals surface area (Å²) in [7, 11) is -62.0. The maximum absolute atomic E-state index is 8.52. The van der Waals surface area contributed by atoms with Gasteiger partial charge in [-0.1, -0.05) is 0 Å². The Morgan fingerprint density at radius 1 is 0.123 bits per heavy atom. The molecule has 65 heteroatoms. The molecule has 0 aliphatic rings. The summed E-state index contributed by atoms with van der Waals surface area (Å²) in [6.45, 7) is 0. The number of hydrogen-bond acceptors (Lipinski definition) is 48. The van der Waals surface area contributed by atoms with Gasteiger partial charge < -0.3 is 109 Å². The molecule has 0 aliphatic carbocycles. The Hall–Kier alpha value is 1.49. The normalized spacial score (nSPS) is 10.7. The smallest absolute Gasteiger partial charge is 0.759 e. The van der Waals surface area contributed by atoms with Crippen LogP contribution in [0.3, 0.4) is 0 Å². The van der Waals surface area contributed by atoms with Crippen LogP contribution >= 0.6 is 0 Å². The van der Waals surface area contributed by atoms with Crippen molar-refractivity contribution in [3.8, 4) is 0 Å². The summed E-state index contributed by atoms with van der Waals surface area (Å²) in [4.78, 5) is 0. The van der Waals surface area contributed by atoms with Gasteiger partial charge in [-0.15, -0.1) is 0 Å². The van der Waals surface area contributed by atoms with Gasteiger partial charge in [-0.3, -0.25) is 101 Å². The standard InChI is InChI=1S/12H2O4S.Ti.4V/c12*1-5(2,3)4;;;;;/h12*(H2,1,2,3,4);;;;;/q;;;;;;;;;;;;+4;4*+5/p-24. The second-order valence-corrected chi connectivity index (χ2v) is 14.7. The van der Waals surface area contributed by atoms with E-state index in [2.05, 4.69) is 0 Å². The summed E-state index contributed by atoms with van der Waals surface area (Å²) in [5.74, 6) is 0. The van der Waals surface area contributed by atoms with E-state index in [-0.39, 0.29) is 95.9 Å². The third-order valence-corrected chi connectivity index (χ3v) is 0. The quantitative estimate of drug-likeness (QED) is 0.123. The average molecular weight is 1400 g/mol. The molecule has 0 atom stereocenters. The topological polar surface area (TPSA) is 963 Å². The Bertz CT molecular complexity index is 1720. The van der Waals surface area contributed by atoms with Crippen molar-refractivity contribution in [3.63, 3.8) is 0 Å². The molecule has 0 aromatic carbocycles. The molecule has 0 spiro atoms. The third kappa shape index (κ3) is 119000. The maximum Gasteiger partial charge on any atom is 5.00 e. The summed E-state index contributed by atoms with van der Waals surface area (Å²) in [6.07, 6.45) is 0. The Kier molecular flexibility index (Phi) is 90.3. The molecule has 0 radical (unpaired) electrons. The first-order valence-electron chi connectivity index (χ1n) is 8.00. The minimum Gasteiger partial charge on any atom is -0.759 e. The monoisotopic (exact) mass is 1400 g/mol. The van der Waals surface area contributed by atoms with Gasteiger partial charge in [0.15, 0.2) is 0 Å². The summed E-state index contributed by atoms with van der Waals surface area (Å²) in [5.41, 5.74) is 0. The molecule has 0 amide bonds. The Labute approximate surface area is 426 Å². The second kappa shape index (κ2) is 50.4. The largest absolute Gasteiger partial charge is 5.00 e. The van der Waals surface area contributed by atoms with E-state index in [9.17, 15) is 0 Å². The molecule has 384 valence electrons. The molecule has 65 heavy (non-hydrogen) atoms. The van der Waals surface area contributed by atoms with Crippen molar-refractivity contribution < 1.29 is 306 Å². The van der Waals surface area contributed by atoms with Crippen LogP contribution < -0.4 is 0 Å². The molecule has 0 aromatic rings. The summed E-state index contributed by atoms with van der Waals surface area (Å²) < 4.78 is 409. The molecule has 0 N–H and O–H groups in total. The zero-order chi connectivity index (χ0) is 54.0. The van der Waals surface area contributed by atoms with Crippen LogP contribution in [0.2, 0.25) is 0 Å². The Morgan fingerprint density at radius 2 is 0.123 bits per heavy atom. The SMILES string of the molecule is O=S(=O)([O-])[O-].O=S(=O)([O-])[O-].O=S(=O)([O-])[O-].O=S(=O)([O-])[O-].O=S(=O)([O-])[O-].O=S(=O)([O-])[O-].O=S(=O)([O-])[O-].O=S(=O)([O-])[O-].O=S(=O)([O-])[O-].O=S(=O)([O-])[O-].O=S(=O)([O-])[O-].O=S(=O)([O-])[O-].[Ti+4].[V+5].[V+5].[V+5].[V+5]. The fourth-order valence-electron chi connectivity index (χ4n) is 0. The van der Waals surface area contributed by atoms with Crippen molar-refractivity contribution in [2.75, 3.05) is 0 Å². The van der Waals surface area contributed by atoms with E-state index in [1.54, 1.807) is 0 Å². The van der Waals surface area contributed by atoms with Gasteiger partial charge in [-0.25, -0.2) is 0 Å². The van der Waals surface area contributed by atoms with Gasteiger partial charge in [0.05, 0.1) is 0 Å². The Morgan fingerprint density at radius 3 is 0.123 bits per heavy atom. The van der Waals surface area contributed by atoms with Crippen LogP contribution in [0.25, 0.3) is 0 Å². The molecule has 0 unspecified atom stereocenters. The van der Waals surface area contributed by atoms with Crippen LogP contribution in [-0.2, 0) is 221 Å². The van der Waals surface area contributed by atoms with E-state index in [0.29, 0.717) is 0 Å². The van der Waals surface area contributed by atoms with Crippen LogP contribution in [0.1, 0.15) is 0 Å². The second-order valence-electron chi connectivity index (χ2n) is 4.90. The maximum atomic E-state index is 8.52. The zero-order valence-electron chi connectivity index (χ0n) is 26.8. The van der Waals surface area contributed by atoms with Crippen molar-refractivity contribution in [3.05, 3.63) is 0 Å². The summed E-state index contributed by atoms with van der Waals surface area (Å²) in [6, 6.07) is 0. The van der Waals surface area contributed by atoms with Crippen molar-refractivity contribution in [1.82, 2.24) is 0 Å². The minimum atomic E-state index is -5.17. The zero-order valence-corrected chi connectivity index (χ0v) is 43.7. The van der Waals surface area contributed by atoms with Crippen LogP contribution in [0.4, 0.5) is 0 Å². The van der Waals surface area contributed by atoms with Crippen LogP contribution in [0, 0.1) is 0 Å². The van der Waals surface area contributed by atoms with E-state index < -0.39 is 125 Å². The van der Waals surface area contributed by atoms with Gasteiger partial charge in [0.2, 0.25) is 0 Å².